The topological polar surface area (TPSA) is 104 Å². The van der Waals surface area contributed by atoms with Crippen molar-refractivity contribution >= 4 is 11.6 Å². The molecule has 0 aliphatic heterocycles. The van der Waals surface area contributed by atoms with Crippen molar-refractivity contribution in [3.05, 3.63) is 52.0 Å². The third-order valence-corrected chi connectivity index (χ3v) is 3.68. The van der Waals surface area contributed by atoms with E-state index in [1.807, 2.05) is 0 Å². The van der Waals surface area contributed by atoms with E-state index in [9.17, 15) is 14.9 Å². The van der Waals surface area contributed by atoms with E-state index in [0.29, 0.717) is 36.3 Å². The number of ether oxygens (including phenoxy) is 2. The third kappa shape index (κ3) is 4.97. The lowest BCUT2D eigenvalue weighted by atomic mass is 10.1. The van der Waals surface area contributed by atoms with E-state index in [4.69, 9.17) is 13.9 Å². The number of nitrogens with zero attached hydrogens (tertiary/aromatic N) is 1. The quantitative estimate of drug-likeness (QED) is 0.551. The molecule has 0 unspecified atom stereocenters. The van der Waals surface area contributed by atoms with Crippen LogP contribution < -0.4 is 14.8 Å². The van der Waals surface area contributed by atoms with Gasteiger partial charge in [-0.2, -0.15) is 0 Å². The van der Waals surface area contributed by atoms with Crippen LogP contribution in [0, 0.1) is 10.1 Å². The number of aryl methyl sites for hydroxylation is 1. The van der Waals surface area contributed by atoms with Crippen molar-refractivity contribution in [1.29, 1.82) is 0 Å². The van der Waals surface area contributed by atoms with Gasteiger partial charge in [-0.25, -0.2) is 0 Å². The van der Waals surface area contributed by atoms with Gasteiger partial charge in [-0.3, -0.25) is 14.9 Å². The first-order valence-corrected chi connectivity index (χ1v) is 7.73. The van der Waals surface area contributed by atoms with Gasteiger partial charge in [0.15, 0.2) is 11.5 Å². The van der Waals surface area contributed by atoms with Gasteiger partial charge in [0.25, 0.3) is 5.69 Å². The number of benzene rings is 1. The van der Waals surface area contributed by atoms with E-state index < -0.39 is 4.92 Å². The maximum absolute atomic E-state index is 11.8. The lowest BCUT2D eigenvalue weighted by Crippen LogP contribution is -2.26. The molecule has 1 N–H and O–H groups in total. The highest BCUT2D eigenvalue weighted by Gasteiger charge is 2.19. The Hall–Kier alpha value is -3.03. The first kappa shape index (κ1) is 18.3. The maximum Gasteiger partial charge on any atom is 0.276 e. The van der Waals surface area contributed by atoms with Gasteiger partial charge in [-0.1, -0.05) is 0 Å². The lowest BCUT2D eigenvalue weighted by molar-refractivity contribution is -0.385. The average molecular weight is 348 g/mol. The number of furan rings is 1. The summed E-state index contributed by atoms with van der Waals surface area (Å²) in [5.41, 5.74) is 0.400. The number of nitro benzene ring substituents is 1. The molecule has 0 spiro atoms. The molecule has 2 aromatic rings. The fourth-order valence-electron chi connectivity index (χ4n) is 2.40. The molecule has 0 radical (unpaired) electrons. The van der Waals surface area contributed by atoms with Gasteiger partial charge < -0.3 is 19.2 Å². The first-order valence-electron chi connectivity index (χ1n) is 7.73. The predicted molar refractivity (Wildman–Crippen MR) is 89.9 cm³/mol. The average Bonchev–Trinajstić information content (AvgIpc) is 3.12. The molecular weight excluding hydrogens is 328 g/mol. The van der Waals surface area contributed by atoms with Gasteiger partial charge in [0, 0.05) is 24.9 Å². The summed E-state index contributed by atoms with van der Waals surface area (Å²) in [5, 5.41) is 14.0. The maximum atomic E-state index is 11.8. The van der Waals surface area contributed by atoms with E-state index >= 15 is 0 Å². The smallest absolute Gasteiger partial charge is 0.276 e. The summed E-state index contributed by atoms with van der Waals surface area (Å²) in [6.45, 7) is 0.285. The second-order valence-electron chi connectivity index (χ2n) is 5.27. The molecule has 0 aliphatic rings. The fraction of sp³-hybridized carbons (Fsp3) is 0.353. The van der Waals surface area contributed by atoms with Crippen molar-refractivity contribution in [3.8, 4) is 11.5 Å². The van der Waals surface area contributed by atoms with Crippen molar-refractivity contribution in [2.24, 2.45) is 0 Å². The number of hydrogen-bond acceptors (Lipinski definition) is 6. The van der Waals surface area contributed by atoms with Crippen LogP contribution in [0.25, 0.3) is 0 Å². The van der Waals surface area contributed by atoms with Crippen LogP contribution in [0.1, 0.15) is 17.7 Å². The Morgan fingerprint density at radius 3 is 2.56 bits per heavy atom. The van der Waals surface area contributed by atoms with Gasteiger partial charge in [-0.05, 0) is 24.6 Å². The van der Waals surface area contributed by atoms with Gasteiger partial charge in [-0.15, -0.1) is 0 Å². The van der Waals surface area contributed by atoms with Crippen LogP contribution in [0.15, 0.2) is 34.9 Å². The van der Waals surface area contributed by atoms with Crippen LogP contribution in [-0.4, -0.2) is 31.6 Å². The summed E-state index contributed by atoms with van der Waals surface area (Å²) in [4.78, 5) is 22.6. The predicted octanol–water partition coefficient (Wildman–Crippen LogP) is 2.50. The Balaban J connectivity index is 1.94. The molecule has 134 valence electrons. The van der Waals surface area contributed by atoms with Gasteiger partial charge in [0.2, 0.25) is 5.91 Å². The molecule has 1 heterocycles. The van der Waals surface area contributed by atoms with Crippen LogP contribution in [0.5, 0.6) is 11.5 Å². The van der Waals surface area contributed by atoms with E-state index in [2.05, 4.69) is 5.32 Å². The summed E-state index contributed by atoms with van der Waals surface area (Å²) in [7, 11) is 2.88. The Labute approximate surface area is 144 Å². The van der Waals surface area contributed by atoms with Gasteiger partial charge >= 0.3 is 0 Å². The first-order chi connectivity index (χ1) is 12.0. The molecule has 0 saturated heterocycles. The number of rotatable bonds is 9. The summed E-state index contributed by atoms with van der Waals surface area (Å²) in [6.07, 6.45) is 2.67. The number of carbonyl (C=O) groups is 1. The lowest BCUT2D eigenvalue weighted by Gasteiger charge is -2.11. The molecule has 25 heavy (non-hydrogen) atoms. The van der Waals surface area contributed by atoms with Crippen LogP contribution in [0.3, 0.4) is 0 Å². The van der Waals surface area contributed by atoms with Crippen LogP contribution >= 0.6 is 0 Å². The van der Waals surface area contributed by atoms with E-state index in [0.717, 1.165) is 5.76 Å². The zero-order valence-corrected chi connectivity index (χ0v) is 14.1. The molecule has 0 bridgehead atoms. The summed E-state index contributed by atoms with van der Waals surface area (Å²) in [5.74, 6) is 1.30. The number of nitrogens with one attached hydrogen (secondary N) is 1. The molecule has 1 amide bonds. The summed E-state index contributed by atoms with van der Waals surface area (Å²) >= 11 is 0. The number of hydrogen-bond donors (Lipinski definition) is 1. The highest BCUT2D eigenvalue weighted by molar-refractivity contribution is 5.76. The minimum atomic E-state index is -0.476. The van der Waals surface area contributed by atoms with Crippen LogP contribution in [-0.2, 0) is 17.6 Å². The monoisotopic (exact) mass is 348 g/mol. The number of amides is 1. The zero-order chi connectivity index (χ0) is 18.2. The van der Waals surface area contributed by atoms with Gasteiger partial charge in [0.1, 0.15) is 5.76 Å². The third-order valence-electron chi connectivity index (χ3n) is 3.68. The Kier molecular flexibility index (Phi) is 6.39. The second kappa shape index (κ2) is 8.72. The zero-order valence-electron chi connectivity index (χ0n) is 14.1. The summed E-state index contributed by atoms with van der Waals surface area (Å²) < 4.78 is 15.4. The molecule has 0 saturated carbocycles. The summed E-state index contributed by atoms with van der Waals surface area (Å²) in [6, 6.07) is 6.46. The normalized spacial score (nSPS) is 10.3. The van der Waals surface area contributed by atoms with Crippen molar-refractivity contribution < 1.29 is 23.6 Å². The standard InChI is InChI=1S/C17H20N2O6/c1-23-15-10-12(14(19(21)22)11-16(15)24-2)7-8-18-17(20)6-5-13-4-3-9-25-13/h3-4,9-11H,5-8H2,1-2H3,(H,18,20). The van der Waals surface area contributed by atoms with Crippen molar-refractivity contribution in [2.45, 2.75) is 19.3 Å². The molecule has 0 fully saturated rings. The Bertz CT molecular complexity index is 727. The molecule has 0 aliphatic carbocycles. The highest BCUT2D eigenvalue weighted by Crippen LogP contribution is 2.34. The molecular formula is C17H20N2O6. The minimum Gasteiger partial charge on any atom is -0.493 e. The fourth-order valence-corrected chi connectivity index (χ4v) is 2.40. The van der Waals surface area contributed by atoms with Crippen LogP contribution in [0.4, 0.5) is 5.69 Å². The second-order valence-corrected chi connectivity index (χ2v) is 5.27. The van der Waals surface area contributed by atoms with E-state index in [-0.39, 0.29) is 18.1 Å². The number of methoxy groups -OCH3 is 2. The molecule has 0 atom stereocenters. The SMILES string of the molecule is COc1cc(CCNC(=O)CCc2ccco2)c([N+](=O)[O-])cc1OC. The molecule has 8 nitrogen and oxygen atoms in total. The molecule has 2 rings (SSSR count). The number of nitro groups is 1. The minimum absolute atomic E-state index is 0.0671. The Morgan fingerprint density at radius 2 is 1.96 bits per heavy atom. The van der Waals surface area contributed by atoms with Crippen molar-refractivity contribution in [2.75, 3.05) is 20.8 Å². The molecule has 1 aromatic heterocycles. The Morgan fingerprint density at radius 1 is 1.24 bits per heavy atom. The van der Waals surface area contributed by atoms with Gasteiger partial charge in [0.05, 0.1) is 31.5 Å². The highest BCUT2D eigenvalue weighted by atomic mass is 16.6. The molecule has 1 aromatic carbocycles. The van der Waals surface area contributed by atoms with Crippen molar-refractivity contribution in [3.63, 3.8) is 0 Å². The van der Waals surface area contributed by atoms with Crippen molar-refractivity contribution in [1.82, 2.24) is 5.32 Å². The van der Waals surface area contributed by atoms with E-state index in [1.165, 1.54) is 20.3 Å². The van der Waals surface area contributed by atoms with Crippen LogP contribution in [0.2, 0.25) is 0 Å². The van der Waals surface area contributed by atoms with E-state index in [1.54, 1.807) is 24.5 Å². The largest absolute Gasteiger partial charge is 0.493 e. The number of carbonyl (C=O) groups excluding carboxylic acids is 1. The molecule has 8 heteroatoms.